The minimum atomic E-state index is -0.523. The highest BCUT2D eigenvalue weighted by molar-refractivity contribution is 5.95. The molecule has 6 nitrogen and oxygen atoms in total. The van der Waals surface area contributed by atoms with Crippen molar-refractivity contribution >= 4 is 17.5 Å². The van der Waals surface area contributed by atoms with Crippen molar-refractivity contribution < 1.29 is 4.79 Å². The molecule has 0 atom stereocenters. The van der Waals surface area contributed by atoms with Crippen molar-refractivity contribution in [2.24, 2.45) is 5.73 Å². The summed E-state index contributed by atoms with van der Waals surface area (Å²) in [6.45, 7) is 0. The molecule has 2 amide bonds. The zero-order chi connectivity index (χ0) is 12.4. The summed E-state index contributed by atoms with van der Waals surface area (Å²) < 4.78 is 0. The van der Waals surface area contributed by atoms with Crippen molar-refractivity contribution in [3.63, 3.8) is 0 Å². The third-order valence-corrected chi connectivity index (χ3v) is 2.48. The Labute approximate surface area is 98.2 Å². The Kier molecular flexibility index (Phi) is 2.70. The molecule has 17 heavy (non-hydrogen) atoms. The Morgan fingerprint density at radius 2 is 2.12 bits per heavy atom. The van der Waals surface area contributed by atoms with Gasteiger partial charge in [0.05, 0.1) is 11.4 Å². The third-order valence-electron chi connectivity index (χ3n) is 2.48. The van der Waals surface area contributed by atoms with E-state index >= 15 is 0 Å². The number of nitrogens with two attached hydrogens (primary N) is 2. The highest BCUT2D eigenvalue weighted by Crippen LogP contribution is 2.29. The number of nitrogens with zero attached hydrogens (tertiary/aromatic N) is 2. The molecule has 0 unspecified atom stereocenters. The van der Waals surface area contributed by atoms with Crippen LogP contribution < -0.4 is 16.4 Å². The summed E-state index contributed by atoms with van der Waals surface area (Å²) in [5.74, 6) is 0.400. The number of hydrogen-bond donors (Lipinski definition) is 3. The summed E-state index contributed by atoms with van der Waals surface area (Å²) in [4.78, 5) is 12.6. The van der Waals surface area contributed by atoms with Crippen LogP contribution in [0.15, 0.2) is 30.3 Å². The molecular weight excluding hydrogens is 218 g/mol. The number of rotatable bonds is 2. The summed E-state index contributed by atoms with van der Waals surface area (Å²) in [5.41, 5.74) is 13.1. The van der Waals surface area contributed by atoms with E-state index in [1.54, 1.807) is 19.2 Å². The molecule has 0 aliphatic carbocycles. The number of primary amides is 1. The maximum absolute atomic E-state index is 11.2. The number of urea groups is 1. The summed E-state index contributed by atoms with van der Waals surface area (Å²) in [7, 11) is 1.61. The van der Waals surface area contributed by atoms with Crippen LogP contribution in [0.25, 0.3) is 11.3 Å². The van der Waals surface area contributed by atoms with Crippen molar-refractivity contribution in [3.05, 3.63) is 30.3 Å². The molecular formula is C11H13N5O. The Morgan fingerprint density at radius 1 is 1.41 bits per heavy atom. The summed E-state index contributed by atoms with van der Waals surface area (Å²) in [5, 5.41) is 6.66. The minimum absolute atomic E-state index is 0.400. The molecule has 88 valence electrons. The molecule has 0 saturated carbocycles. The lowest BCUT2D eigenvalue weighted by atomic mass is 10.1. The normalized spacial score (nSPS) is 10.2. The van der Waals surface area contributed by atoms with Gasteiger partial charge >= 0.3 is 6.03 Å². The number of para-hydroxylation sites is 1. The second kappa shape index (κ2) is 4.17. The van der Waals surface area contributed by atoms with E-state index < -0.39 is 6.03 Å². The molecule has 0 aliphatic rings. The van der Waals surface area contributed by atoms with Crippen LogP contribution in [-0.2, 0) is 0 Å². The fourth-order valence-corrected chi connectivity index (χ4v) is 1.59. The molecule has 2 aromatic rings. The van der Waals surface area contributed by atoms with Gasteiger partial charge in [-0.15, -0.1) is 0 Å². The van der Waals surface area contributed by atoms with Crippen LogP contribution in [0.3, 0.4) is 0 Å². The first-order chi connectivity index (χ1) is 8.09. The summed E-state index contributed by atoms with van der Waals surface area (Å²) in [6, 6.07) is 8.54. The van der Waals surface area contributed by atoms with Gasteiger partial charge < -0.3 is 11.5 Å². The molecule has 0 fully saturated rings. The number of H-pyrrole nitrogens is 1. The van der Waals surface area contributed by atoms with Crippen molar-refractivity contribution in [2.75, 3.05) is 17.7 Å². The van der Waals surface area contributed by atoms with Gasteiger partial charge in [0.1, 0.15) is 5.82 Å². The van der Waals surface area contributed by atoms with E-state index in [1.165, 1.54) is 4.90 Å². The highest BCUT2D eigenvalue weighted by atomic mass is 16.2. The second-order valence-electron chi connectivity index (χ2n) is 3.62. The Balaban J connectivity index is 2.51. The SMILES string of the molecule is CN(C(N)=O)c1ccccc1-c1cc(N)n[nH]1. The van der Waals surface area contributed by atoms with Gasteiger partial charge in [-0.1, -0.05) is 18.2 Å². The first-order valence-corrected chi connectivity index (χ1v) is 5.03. The minimum Gasteiger partial charge on any atom is -0.382 e. The number of carbonyl (C=O) groups excluding carboxylic acids is 1. The van der Waals surface area contributed by atoms with E-state index in [1.807, 2.05) is 18.2 Å². The van der Waals surface area contributed by atoms with E-state index in [-0.39, 0.29) is 0 Å². The topological polar surface area (TPSA) is 101 Å². The number of hydrogen-bond acceptors (Lipinski definition) is 3. The molecule has 0 aliphatic heterocycles. The predicted octanol–water partition coefficient (Wildman–Crippen LogP) is 1.17. The molecule has 1 aromatic carbocycles. The van der Waals surface area contributed by atoms with Gasteiger partial charge in [-0.05, 0) is 6.07 Å². The van der Waals surface area contributed by atoms with Crippen molar-refractivity contribution in [2.45, 2.75) is 0 Å². The number of amides is 2. The lowest BCUT2D eigenvalue weighted by Crippen LogP contribution is -2.32. The number of anilines is 2. The van der Waals surface area contributed by atoms with E-state index in [9.17, 15) is 4.79 Å². The van der Waals surface area contributed by atoms with Crippen LogP contribution in [0.4, 0.5) is 16.3 Å². The Hall–Kier alpha value is -2.50. The van der Waals surface area contributed by atoms with Gasteiger partial charge in [-0.3, -0.25) is 10.00 Å². The monoisotopic (exact) mass is 231 g/mol. The van der Waals surface area contributed by atoms with Crippen LogP contribution in [0.5, 0.6) is 0 Å². The van der Waals surface area contributed by atoms with Gasteiger partial charge in [-0.2, -0.15) is 5.10 Å². The quantitative estimate of drug-likeness (QED) is 0.723. The molecule has 0 bridgehead atoms. The van der Waals surface area contributed by atoms with Gasteiger partial charge in [0.15, 0.2) is 0 Å². The summed E-state index contributed by atoms with van der Waals surface area (Å²) >= 11 is 0. The maximum atomic E-state index is 11.2. The average Bonchev–Trinajstić information content (AvgIpc) is 2.74. The number of carbonyl (C=O) groups is 1. The first kappa shape index (κ1) is 11.0. The van der Waals surface area contributed by atoms with Gasteiger partial charge in [0, 0.05) is 18.7 Å². The molecule has 6 heteroatoms. The first-order valence-electron chi connectivity index (χ1n) is 5.03. The Morgan fingerprint density at radius 3 is 2.71 bits per heavy atom. The zero-order valence-corrected chi connectivity index (χ0v) is 9.34. The average molecular weight is 231 g/mol. The smallest absolute Gasteiger partial charge is 0.319 e. The molecule has 0 saturated heterocycles. The Bertz CT molecular complexity index is 548. The molecule has 1 aromatic heterocycles. The standard InChI is InChI=1S/C11H13N5O/c1-16(11(13)17)9-5-3-2-4-7(9)8-6-10(12)15-14-8/h2-6H,1H3,(H2,13,17)(H3,12,14,15). The van der Waals surface area contributed by atoms with Crippen LogP contribution in [0.1, 0.15) is 0 Å². The molecule has 1 heterocycles. The number of nitrogen functional groups attached to an aromatic ring is 1. The van der Waals surface area contributed by atoms with E-state index in [0.29, 0.717) is 11.5 Å². The van der Waals surface area contributed by atoms with Crippen LogP contribution in [0, 0.1) is 0 Å². The third kappa shape index (κ3) is 2.05. The van der Waals surface area contributed by atoms with E-state index in [4.69, 9.17) is 11.5 Å². The summed E-state index contributed by atoms with van der Waals surface area (Å²) in [6.07, 6.45) is 0. The van der Waals surface area contributed by atoms with Crippen LogP contribution >= 0.6 is 0 Å². The van der Waals surface area contributed by atoms with Gasteiger partial charge in [0.25, 0.3) is 0 Å². The highest BCUT2D eigenvalue weighted by Gasteiger charge is 2.13. The molecule has 2 rings (SSSR count). The fraction of sp³-hybridized carbons (Fsp3) is 0.0909. The zero-order valence-electron chi connectivity index (χ0n) is 9.34. The van der Waals surface area contributed by atoms with E-state index in [2.05, 4.69) is 10.2 Å². The lowest BCUT2D eigenvalue weighted by molar-refractivity contribution is 0.255. The molecule has 0 spiro atoms. The number of aromatic nitrogens is 2. The van der Waals surface area contributed by atoms with Crippen molar-refractivity contribution in [1.29, 1.82) is 0 Å². The van der Waals surface area contributed by atoms with Gasteiger partial charge in [0.2, 0.25) is 0 Å². The maximum Gasteiger partial charge on any atom is 0.319 e. The van der Waals surface area contributed by atoms with Crippen molar-refractivity contribution in [1.82, 2.24) is 10.2 Å². The number of benzene rings is 1. The van der Waals surface area contributed by atoms with Crippen molar-refractivity contribution in [3.8, 4) is 11.3 Å². The molecule has 0 radical (unpaired) electrons. The van der Waals surface area contributed by atoms with Crippen LogP contribution in [-0.4, -0.2) is 23.3 Å². The largest absolute Gasteiger partial charge is 0.382 e. The number of nitrogens with one attached hydrogen (secondary N) is 1. The predicted molar refractivity (Wildman–Crippen MR) is 66.4 cm³/mol. The lowest BCUT2D eigenvalue weighted by Gasteiger charge is -2.17. The van der Waals surface area contributed by atoms with E-state index in [0.717, 1.165) is 11.3 Å². The van der Waals surface area contributed by atoms with Gasteiger partial charge in [-0.25, -0.2) is 4.79 Å². The number of aromatic amines is 1. The second-order valence-corrected chi connectivity index (χ2v) is 3.62. The molecule has 5 N–H and O–H groups in total. The van der Waals surface area contributed by atoms with Crippen LogP contribution in [0.2, 0.25) is 0 Å². The fourth-order valence-electron chi connectivity index (χ4n) is 1.59.